The van der Waals surface area contributed by atoms with Crippen LogP contribution in [0.1, 0.15) is 0 Å². The molecular weight excluding hydrogens is 319 g/mol. The Morgan fingerprint density at radius 1 is 1.00 bits per heavy atom. The summed E-state index contributed by atoms with van der Waals surface area (Å²) >= 11 is 0. The number of anilines is 2. The number of aromatic nitrogens is 3. The van der Waals surface area contributed by atoms with Crippen LogP contribution in [0.2, 0.25) is 0 Å². The van der Waals surface area contributed by atoms with Gasteiger partial charge in [0.1, 0.15) is 5.82 Å². The Bertz CT molecular complexity index is 1090. The summed E-state index contributed by atoms with van der Waals surface area (Å²) in [5, 5.41) is 3.44. The van der Waals surface area contributed by atoms with E-state index in [1.54, 1.807) is 18.5 Å². The van der Waals surface area contributed by atoms with Crippen molar-refractivity contribution in [2.24, 2.45) is 0 Å². The van der Waals surface area contributed by atoms with Gasteiger partial charge in [-0.3, -0.25) is 9.78 Å². The lowest BCUT2D eigenvalue weighted by Gasteiger charge is -2.14. The van der Waals surface area contributed by atoms with Crippen molar-refractivity contribution < 1.29 is 4.39 Å². The first-order valence-corrected chi connectivity index (χ1v) is 7.67. The van der Waals surface area contributed by atoms with Gasteiger partial charge >= 0.3 is 0 Å². The van der Waals surface area contributed by atoms with Crippen LogP contribution in [0.15, 0.2) is 77.9 Å². The Morgan fingerprint density at radius 3 is 2.60 bits per heavy atom. The van der Waals surface area contributed by atoms with Gasteiger partial charge in [0, 0.05) is 12.3 Å². The Hall–Kier alpha value is -3.54. The lowest BCUT2D eigenvalue weighted by Crippen LogP contribution is -2.22. The fourth-order valence-corrected chi connectivity index (χ4v) is 2.63. The molecule has 2 heterocycles. The van der Waals surface area contributed by atoms with E-state index in [0.29, 0.717) is 28.2 Å². The van der Waals surface area contributed by atoms with Gasteiger partial charge < -0.3 is 5.32 Å². The van der Waals surface area contributed by atoms with Gasteiger partial charge in [-0.25, -0.2) is 13.9 Å². The van der Waals surface area contributed by atoms with Gasteiger partial charge in [0.2, 0.25) is 5.95 Å². The van der Waals surface area contributed by atoms with Gasteiger partial charge in [0.25, 0.3) is 5.56 Å². The molecule has 25 heavy (non-hydrogen) atoms. The smallest absolute Gasteiger partial charge is 0.267 e. The predicted octanol–water partition coefficient (Wildman–Crippen LogP) is 3.66. The Kier molecular flexibility index (Phi) is 3.70. The van der Waals surface area contributed by atoms with Crippen LogP contribution in [0.25, 0.3) is 16.6 Å². The molecule has 122 valence electrons. The summed E-state index contributed by atoms with van der Waals surface area (Å²) in [6.45, 7) is 0. The van der Waals surface area contributed by atoms with Crippen molar-refractivity contribution in [3.63, 3.8) is 0 Å². The molecule has 6 heteroatoms. The monoisotopic (exact) mass is 332 g/mol. The number of fused-ring (bicyclic) bond motifs is 1. The van der Waals surface area contributed by atoms with Gasteiger partial charge in [-0.2, -0.15) is 0 Å². The third kappa shape index (κ3) is 2.85. The van der Waals surface area contributed by atoms with Crippen molar-refractivity contribution in [3.05, 3.63) is 89.2 Å². The molecule has 0 bridgehead atoms. The lowest BCUT2D eigenvalue weighted by atomic mass is 10.2. The third-order valence-electron chi connectivity index (χ3n) is 3.76. The maximum atomic E-state index is 13.6. The van der Waals surface area contributed by atoms with Crippen LogP contribution in [0.5, 0.6) is 0 Å². The summed E-state index contributed by atoms with van der Waals surface area (Å²) in [5.41, 5.74) is 1.36. The van der Waals surface area contributed by atoms with Crippen LogP contribution in [-0.4, -0.2) is 14.5 Å². The van der Waals surface area contributed by atoms with Crippen molar-refractivity contribution in [2.45, 2.75) is 0 Å². The number of para-hydroxylation sites is 1. The molecule has 2 aromatic carbocycles. The normalized spacial score (nSPS) is 10.8. The van der Waals surface area contributed by atoms with E-state index in [1.807, 2.05) is 36.4 Å². The molecule has 0 fully saturated rings. The highest BCUT2D eigenvalue weighted by Crippen LogP contribution is 2.20. The number of hydrogen-bond acceptors (Lipinski definition) is 4. The molecule has 0 aliphatic carbocycles. The maximum absolute atomic E-state index is 13.6. The minimum absolute atomic E-state index is 0.275. The number of pyridine rings is 1. The Morgan fingerprint density at radius 2 is 1.84 bits per heavy atom. The molecule has 5 nitrogen and oxygen atoms in total. The largest absolute Gasteiger partial charge is 0.324 e. The second-order valence-electron chi connectivity index (χ2n) is 5.44. The van der Waals surface area contributed by atoms with E-state index in [4.69, 9.17) is 0 Å². The molecular formula is C19H13FN4O. The molecule has 0 amide bonds. The number of rotatable bonds is 3. The van der Waals surface area contributed by atoms with Gasteiger partial charge in [-0.15, -0.1) is 0 Å². The molecule has 0 radical (unpaired) electrons. The summed E-state index contributed by atoms with van der Waals surface area (Å²) in [7, 11) is 0. The molecule has 0 saturated carbocycles. The molecule has 0 saturated heterocycles. The van der Waals surface area contributed by atoms with Crippen LogP contribution >= 0.6 is 0 Å². The first-order chi connectivity index (χ1) is 12.2. The van der Waals surface area contributed by atoms with Gasteiger partial charge in [0.15, 0.2) is 0 Å². The summed E-state index contributed by atoms with van der Waals surface area (Å²) in [4.78, 5) is 21.5. The number of halogens is 1. The molecule has 0 spiro atoms. The standard InChI is InChI=1S/C19H13FN4O/c20-13-8-9-16-17(11-13)23-19(22-14-5-4-10-21-12-14)24(18(16)25)15-6-2-1-3-7-15/h1-12H,(H,22,23). The van der Waals surface area contributed by atoms with Crippen molar-refractivity contribution >= 4 is 22.5 Å². The SMILES string of the molecule is O=c1c2ccc(F)cc2nc(Nc2cccnc2)n1-c1ccccc1. The number of nitrogens with zero attached hydrogens (tertiary/aromatic N) is 3. The topological polar surface area (TPSA) is 59.8 Å². The van der Waals surface area contributed by atoms with Gasteiger partial charge in [-0.1, -0.05) is 18.2 Å². The zero-order valence-corrected chi connectivity index (χ0v) is 13.1. The quantitative estimate of drug-likeness (QED) is 0.622. The minimum atomic E-state index is -0.441. The van der Waals surface area contributed by atoms with E-state index in [-0.39, 0.29) is 5.56 Å². The summed E-state index contributed by atoms with van der Waals surface area (Å²) in [5.74, 6) is -0.147. The molecule has 0 unspecified atom stereocenters. The van der Waals surface area contributed by atoms with E-state index in [1.165, 1.54) is 22.8 Å². The molecule has 4 rings (SSSR count). The molecule has 4 aromatic rings. The van der Waals surface area contributed by atoms with Crippen molar-refractivity contribution in [1.82, 2.24) is 14.5 Å². The minimum Gasteiger partial charge on any atom is -0.324 e. The average molecular weight is 332 g/mol. The lowest BCUT2D eigenvalue weighted by molar-refractivity contribution is 0.629. The van der Waals surface area contributed by atoms with E-state index in [0.717, 1.165) is 0 Å². The fourth-order valence-electron chi connectivity index (χ4n) is 2.63. The predicted molar refractivity (Wildman–Crippen MR) is 94.8 cm³/mol. The van der Waals surface area contributed by atoms with Gasteiger partial charge in [-0.05, 0) is 36.4 Å². The zero-order valence-electron chi connectivity index (χ0n) is 13.1. The Balaban J connectivity index is 1.99. The average Bonchev–Trinajstić information content (AvgIpc) is 2.63. The summed E-state index contributed by atoms with van der Waals surface area (Å²) in [6, 6.07) is 16.7. The van der Waals surface area contributed by atoms with E-state index in [2.05, 4.69) is 15.3 Å². The van der Waals surface area contributed by atoms with Crippen LogP contribution in [-0.2, 0) is 0 Å². The highest BCUT2D eigenvalue weighted by Gasteiger charge is 2.13. The molecule has 0 aliphatic rings. The van der Waals surface area contributed by atoms with Crippen LogP contribution in [0.4, 0.5) is 16.0 Å². The Labute approximate surface area is 142 Å². The maximum Gasteiger partial charge on any atom is 0.267 e. The summed E-state index contributed by atoms with van der Waals surface area (Å²) < 4.78 is 15.0. The van der Waals surface area contributed by atoms with Crippen LogP contribution in [0.3, 0.4) is 0 Å². The molecule has 0 aliphatic heterocycles. The van der Waals surface area contributed by atoms with E-state index >= 15 is 0 Å². The molecule has 0 atom stereocenters. The second kappa shape index (κ2) is 6.16. The number of hydrogen-bond donors (Lipinski definition) is 1. The second-order valence-corrected chi connectivity index (χ2v) is 5.44. The summed E-state index contributed by atoms with van der Waals surface area (Å²) in [6.07, 6.45) is 3.27. The van der Waals surface area contributed by atoms with Crippen LogP contribution < -0.4 is 10.9 Å². The first-order valence-electron chi connectivity index (χ1n) is 7.67. The zero-order chi connectivity index (χ0) is 17.2. The van der Waals surface area contributed by atoms with Crippen molar-refractivity contribution in [2.75, 3.05) is 5.32 Å². The highest BCUT2D eigenvalue weighted by atomic mass is 19.1. The first kappa shape index (κ1) is 15.0. The number of nitrogens with one attached hydrogen (secondary N) is 1. The van der Waals surface area contributed by atoms with E-state index in [9.17, 15) is 9.18 Å². The number of benzene rings is 2. The van der Waals surface area contributed by atoms with Crippen LogP contribution in [0, 0.1) is 5.82 Å². The van der Waals surface area contributed by atoms with Gasteiger partial charge in [0.05, 0.1) is 28.5 Å². The van der Waals surface area contributed by atoms with Crippen molar-refractivity contribution in [3.8, 4) is 5.69 Å². The third-order valence-corrected chi connectivity index (χ3v) is 3.76. The fraction of sp³-hybridized carbons (Fsp3) is 0. The molecule has 1 N–H and O–H groups in total. The van der Waals surface area contributed by atoms with Crippen molar-refractivity contribution in [1.29, 1.82) is 0 Å². The molecule has 2 aromatic heterocycles. The van der Waals surface area contributed by atoms with E-state index < -0.39 is 5.82 Å². The highest BCUT2D eigenvalue weighted by molar-refractivity contribution is 5.80.